The third-order valence-corrected chi connectivity index (χ3v) is 3.64. The van der Waals surface area contributed by atoms with Gasteiger partial charge < -0.3 is 15.1 Å². The van der Waals surface area contributed by atoms with Crippen LogP contribution in [0.2, 0.25) is 5.02 Å². The van der Waals surface area contributed by atoms with Crippen LogP contribution in [0.15, 0.2) is 41.5 Å². The molecule has 0 spiro atoms. The van der Waals surface area contributed by atoms with Crippen LogP contribution in [0.4, 0.5) is 0 Å². The van der Waals surface area contributed by atoms with Crippen LogP contribution >= 0.6 is 23.8 Å². The average molecular weight is 347 g/mol. The number of hydrogen-bond donors (Lipinski definition) is 4. The van der Waals surface area contributed by atoms with Gasteiger partial charge in [-0.05, 0) is 54.2 Å². The molecule has 2 aromatic carbocycles. The summed E-state index contributed by atoms with van der Waals surface area (Å²) in [5.41, 5.74) is 5.10. The van der Waals surface area contributed by atoms with Gasteiger partial charge in [0, 0.05) is 5.56 Å². The number of benzene rings is 2. The van der Waals surface area contributed by atoms with Crippen LogP contribution in [0.1, 0.15) is 15.9 Å². The number of aromatic nitrogens is 2. The number of nitrogens with one attached hydrogen (secondary N) is 3. The molecule has 0 aliphatic rings. The number of imidazole rings is 1. The largest absolute Gasteiger partial charge is 0.506 e. The lowest BCUT2D eigenvalue weighted by Crippen LogP contribution is -2.17. The summed E-state index contributed by atoms with van der Waals surface area (Å²) < 4.78 is 0.500. The van der Waals surface area contributed by atoms with Gasteiger partial charge in [-0.25, -0.2) is 5.43 Å². The van der Waals surface area contributed by atoms with Crippen molar-refractivity contribution in [3.05, 3.63) is 57.3 Å². The fraction of sp³-hybridized carbons (Fsp3) is 0. The first-order chi connectivity index (χ1) is 11.0. The zero-order valence-corrected chi connectivity index (χ0v) is 13.2. The predicted octanol–water partition coefficient (Wildman–Crippen LogP) is 3.35. The van der Waals surface area contributed by atoms with E-state index in [1.54, 1.807) is 30.3 Å². The SMILES string of the molecule is O=C(N/N=C\c1ccc(O)c(Cl)c1)c1ccc2[nH]c(=S)[nH]c2c1. The molecule has 0 saturated carbocycles. The number of hydrazone groups is 1. The van der Waals surface area contributed by atoms with E-state index >= 15 is 0 Å². The number of rotatable bonds is 3. The van der Waals surface area contributed by atoms with Gasteiger partial charge in [0.1, 0.15) is 5.75 Å². The molecule has 0 unspecified atom stereocenters. The van der Waals surface area contributed by atoms with Gasteiger partial charge in [-0.15, -0.1) is 0 Å². The number of aromatic amines is 2. The number of H-pyrrole nitrogens is 2. The summed E-state index contributed by atoms with van der Waals surface area (Å²) in [6.07, 6.45) is 1.44. The number of hydrogen-bond acceptors (Lipinski definition) is 4. The second kappa shape index (κ2) is 6.23. The molecule has 8 heteroatoms. The summed E-state index contributed by atoms with van der Waals surface area (Å²) in [7, 11) is 0. The molecule has 116 valence electrons. The zero-order valence-electron chi connectivity index (χ0n) is 11.6. The van der Waals surface area contributed by atoms with Gasteiger partial charge in [0.15, 0.2) is 4.77 Å². The van der Waals surface area contributed by atoms with Crippen molar-refractivity contribution in [1.29, 1.82) is 0 Å². The van der Waals surface area contributed by atoms with E-state index in [9.17, 15) is 9.90 Å². The van der Waals surface area contributed by atoms with Crippen molar-refractivity contribution in [1.82, 2.24) is 15.4 Å². The Kier molecular flexibility index (Phi) is 4.14. The Balaban J connectivity index is 1.73. The fourth-order valence-corrected chi connectivity index (χ4v) is 2.42. The van der Waals surface area contributed by atoms with Crippen molar-refractivity contribution in [3.63, 3.8) is 0 Å². The molecule has 0 bridgehead atoms. The minimum Gasteiger partial charge on any atom is -0.506 e. The first-order valence-corrected chi connectivity index (χ1v) is 7.35. The normalized spacial score (nSPS) is 11.2. The van der Waals surface area contributed by atoms with Gasteiger partial charge in [0.05, 0.1) is 22.3 Å². The van der Waals surface area contributed by atoms with Crippen molar-refractivity contribution in [2.24, 2.45) is 5.10 Å². The average Bonchev–Trinajstić information content (AvgIpc) is 2.89. The number of aromatic hydroxyl groups is 1. The highest BCUT2D eigenvalue weighted by molar-refractivity contribution is 7.71. The van der Waals surface area contributed by atoms with E-state index in [1.807, 2.05) is 0 Å². The van der Waals surface area contributed by atoms with Gasteiger partial charge in [-0.2, -0.15) is 5.10 Å². The predicted molar refractivity (Wildman–Crippen MR) is 91.7 cm³/mol. The number of amides is 1. The maximum atomic E-state index is 12.1. The molecule has 1 heterocycles. The highest BCUT2D eigenvalue weighted by atomic mass is 35.5. The highest BCUT2D eigenvalue weighted by Crippen LogP contribution is 2.22. The van der Waals surface area contributed by atoms with Crippen LogP contribution in [-0.2, 0) is 0 Å². The number of phenols is 1. The van der Waals surface area contributed by atoms with E-state index < -0.39 is 0 Å². The van der Waals surface area contributed by atoms with Gasteiger partial charge in [0.25, 0.3) is 5.91 Å². The molecule has 0 saturated heterocycles. The lowest BCUT2D eigenvalue weighted by molar-refractivity contribution is 0.0955. The second-order valence-corrected chi connectivity index (χ2v) is 5.56. The molecule has 23 heavy (non-hydrogen) atoms. The van der Waals surface area contributed by atoms with Crippen molar-refractivity contribution in [3.8, 4) is 5.75 Å². The fourth-order valence-electron chi connectivity index (χ4n) is 2.01. The van der Waals surface area contributed by atoms with Crippen LogP contribution in [0.25, 0.3) is 11.0 Å². The van der Waals surface area contributed by atoms with E-state index in [1.165, 1.54) is 12.3 Å². The molecule has 0 radical (unpaired) electrons. The Morgan fingerprint density at radius 2 is 2.00 bits per heavy atom. The van der Waals surface area contributed by atoms with E-state index in [-0.39, 0.29) is 16.7 Å². The molecule has 6 nitrogen and oxygen atoms in total. The van der Waals surface area contributed by atoms with E-state index in [2.05, 4.69) is 20.5 Å². The maximum absolute atomic E-state index is 12.1. The monoisotopic (exact) mass is 346 g/mol. The Labute approximate surface area is 140 Å². The van der Waals surface area contributed by atoms with Crippen LogP contribution in [0.5, 0.6) is 5.75 Å². The quantitative estimate of drug-likeness (QED) is 0.333. The molecule has 0 aliphatic carbocycles. The third-order valence-electron chi connectivity index (χ3n) is 3.13. The lowest BCUT2D eigenvalue weighted by atomic mass is 10.2. The van der Waals surface area contributed by atoms with Crippen LogP contribution in [0, 0.1) is 4.77 Å². The van der Waals surface area contributed by atoms with Crippen molar-refractivity contribution < 1.29 is 9.90 Å². The smallest absolute Gasteiger partial charge is 0.271 e. The number of halogens is 1. The minimum absolute atomic E-state index is 0.00924. The first kappa shape index (κ1) is 15.3. The van der Waals surface area contributed by atoms with E-state index in [0.29, 0.717) is 15.9 Å². The number of carbonyl (C=O) groups is 1. The Hall–Kier alpha value is -2.64. The summed E-state index contributed by atoms with van der Waals surface area (Å²) >= 11 is 10.8. The van der Waals surface area contributed by atoms with Gasteiger partial charge in [-0.1, -0.05) is 11.6 Å². The van der Waals surface area contributed by atoms with Crippen LogP contribution in [0.3, 0.4) is 0 Å². The highest BCUT2D eigenvalue weighted by Gasteiger charge is 2.06. The molecule has 1 aromatic heterocycles. The van der Waals surface area contributed by atoms with Crippen molar-refractivity contribution in [2.45, 2.75) is 0 Å². The second-order valence-electron chi connectivity index (χ2n) is 4.75. The minimum atomic E-state index is -0.353. The topological polar surface area (TPSA) is 93.3 Å². The van der Waals surface area contributed by atoms with Gasteiger partial charge in [0.2, 0.25) is 0 Å². The van der Waals surface area contributed by atoms with Crippen molar-refractivity contribution >= 4 is 47.0 Å². The van der Waals surface area contributed by atoms with Gasteiger partial charge in [-0.3, -0.25) is 4.79 Å². The van der Waals surface area contributed by atoms with E-state index in [0.717, 1.165) is 11.0 Å². The summed E-state index contributed by atoms with van der Waals surface area (Å²) in [5.74, 6) is -0.362. The Morgan fingerprint density at radius 3 is 2.78 bits per heavy atom. The zero-order chi connectivity index (χ0) is 16.4. The standard InChI is InChI=1S/C15H11ClN4O2S/c16-10-5-8(1-4-13(10)21)7-17-20-14(22)9-2-3-11-12(6-9)19-15(23)18-11/h1-7,21H,(H,20,22)(H2,18,19,23)/b17-7-. The molecule has 3 aromatic rings. The summed E-state index contributed by atoms with van der Waals surface area (Å²) in [6, 6.07) is 9.74. The number of fused-ring (bicyclic) bond motifs is 1. The Morgan fingerprint density at radius 1 is 1.22 bits per heavy atom. The van der Waals surface area contributed by atoms with E-state index in [4.69, 9.17) is 23.8 Å². The van der Waals surface area contributed by atoms with Crippen molar-refractivity contribution in [2.75, 3.05) is 0 Å². The number of carbonyl (C=O) groups excluding carboxylic acids is 1. The molecule has 0 aliphatic heterocycles. The summed E-state index contributed by atoms with van der Waals surface area (Å²) in [4.78, 5) is 18.0. The molecule has 0 fully saturated rings. The maximum Gasteiger partial charge on any atom is 0.271 e. The van der Waals surface area contributed by atoms with Crippen LogP contribution in [-0.4, -0.2) is 27.2 Å². The van der Waals surface area contributed by atoms with Crippen LogP contribution < -0.4 is 5.43 Å². The first-order valence-electron chi connectivity index (χ1n) is 6.57. The molecule has 0 atom stereocenters. The Bertz CT molecular complexity index is 977. The molecular formula is C15H11ClN4O2S. The summed E-state index contributed by atoms with van der Waals surface area (Å²) in [5, 5.41) is 13.4. The van der Waals surface area contributed by atoms with Gasteiger partial charge >= 0.3 is 0 Å². The lowest BCUT2D eigenvalue weighted by Gasteiger charge is -2.00. The third kappa shape index (κ3) is 3.41. The molecule has 3 rings (SSSR count). The molecule has 1 amide bonds. The summed E-state index contributed by atoms with van der Waals surface area (Å²) in [6.45, 7) is 0. The number of phenolic OH excluding ortho intramolecular Hbond substituents is 1. The molecule has 4 N–H and O–H groups in total. The number of nitrogens with zero attached hydrogens (tertiary/aromatic N) is 1. The molecular weight excluding hydrogens is 336 g/mol.